The predicted molar refractivity (Wildman–Crippen MR) is 82.6 cm³/mol. The summed E-state index contributed by atoms with van der Waals surface area (Å²) in [5.74, 6) is -0.860. The van der Waals surface area contributed by atoms with Crippen LogP contribution in [0.1, 0.15) is 48.5 Å². The first kappa shape index (κ1) is 16.0. The molecule has 0 amide bonds. The molecule has 0 saturated carbocycles. The molecule has 1 unspecified atom stereocenters. The molecule has 1 aromatic rings. The van der Waals surface area contributed by atoms with Crippen molar-refractivity contribution in [1.82, 2.24) is 4.90 Å². The molecule has 21 heavy (non-hydrogen) atoms. The van der Waals surface area contributed by atoms with Gasteiger partial charge in [0.15, 0.2) is 0 Å². The Kier molecular flexibility index (Phi) is 6.21. The van der Waals surface area contributed by atoms with Gasteiger partial charge in [0.25, 0.3) is 0 Å². The molecule has 0 bridgehead atoms. The van der Waals surface area contributed by atoms with E-state index in [1.165, 1.54) is 0 Å². The highest BCUT2D eigenvalue weighted by Gasteiger charge is 2.17. The Morgan fingerprint density at radius 1 is 1.38 bits per heavy atom. The van der Waals surface area contributed by atoms with Crippen molar-refractivity contribution in [3.05, 3.63) is 35.4 Å². The van der Waals surface area contributed by atoms with Gasteiger partial charge >= 0.3 is 5.97 Å². The van der Waals surface area contributed by atoms with Crippen molar-refractivity contribution in [2.75, 3.05) is 19.7 Å². The smallest absolute Gasteiger partial charge is 0.335 e. The van der Waals surface area contributed by atoms with Gasteiger partial charge in [-0.15, -0.1) is 0 Å². The molecular formula is C17H25NO3. The zero-order valence-corrected chi connectivity index (χ0v) is 12.8. The van der Waals surface area contributed by atoms with Crippen molar-refractivity contribution in [1.29, 1.82) is 0 Å². The average Bonchev–Trinajstić information content (AvgIpc) is 2.71. The first-order chi connectivity index (χ1) is 10.2. The Balaban J connectivity index is 1.88. The minimum absolute atomic E-state index is 0.367. The number of carbonyl (C=O) groups is 1. The maximum atomic E-state index is 11.0. The summed E-state index contributed by atoms with van der Waals surface area (Å²) in [6.45, 7) is 5.89. The van der Waals surface area contributed by atoms with Crippen LogP contribution in [0.25, 0.3) is 0 Å². The van der Waals surface area contributed by atoms with Gasteiger partial charge in [-0.25, -0.2) is 4.79 Å². The number of hydrogen-bond donors (Lipinski definition) is 1. The molecule has 0 aromatic heterocycles. The van der Waals surface area contributed by atoms with E-state index < -0.39 is 5.97 Å². The monoisotopic (exact) mass is 291 g/mol. The topological polar surface area (TPSA) is 49.8 Å². The second-order valence-corrected chi connectivity index (χ2v) is 5.71. The third kappa shape index (κ3) is 5.14. The van der Waals surface area contributed by atoms with E-state index in [1.54, 1.807) is 12.1 Å². The molecule has 1 atom stereocenters. The SMILES string of the molecule is CCCOC1CCCN(Cc2cccc(C(=O)O)c2)CC1. The largest absolute Gasteiger partial charge is 0.478 e. The van der Waals surface area contributed by atoms with Crippen molar-refractivity contribution in [2.45, 2.75) is 45.3 Å². The van der Waals surface area contributed by atoms with E-state index in [9.17, 15) is 4.79 Å². The number of nitrogens with zero attached hydrogens (tertiary/aromatic N) is 1. The summed E-state index contributed by atoms with van der Waals surface area (Å²) in [5.41, 5.74) is 1.44. The molecule has 2 rings (SSSR count). The van der Waals surface area contributed by atoms with Crippen molar-refractivity contribution >= 4 is 5.97 Å². The third-order valence-corrected chi connectivity index (χ3v) is 3.91. The molecule has 1 aromatic carbocycles. The van der Waals surface area contributed by atoms with Crippen LogP contribution < -0.4 is 0 Å². The first-order valence-corrected chi connectivity index (χ1v) is 7.85. The fourth-order valence-corrected chi connectivity index (χ4v) is 2.80. The lowest BCUT2D eigenvalue weighted by atomic mass is 10.1. The molecule has 0 radical (unpaired) electrons. The molecule has 0 aliphatic carbocycles. The van der Waals surface area contributed by atoms with E-state index in [0.717, 1.165) is 57.5 Å². The van der Waals surface area contributed by atoms with Gasteiger partial charge in [-0.1, -0.05) is 19.1 Å². The fraction of sp³-hybridized carbons (Fsp3) is 0.588. The van der Waals surface area contributed by atoms with Gasteiger partial charge in [0.05, 0.1) is 11.7 Å². The van der Waals surface area contributed by atoms with Gasteiger partial charge in [0.1, 0.15) is 0 Å². The van der Waals surface area contributed by atoms with Gasteiger partial charge in [0, 0.05) is 19.7 Å². The van der Waals surface area contributed by atoms with Crippen LogP contribution in [-0.2, 0) is 11.3 Å². The number of aromatic carboxylic acids is 1. The maximum Gasteiger partial charge on any atom is 0.335 e. The molecule has 4 nitrogen and oxygen atoms in total. The minimum Gasteiger partial charge on any atom is -0.478 e. The van der Waals surface area contributed by atoms with E-state index in [2.05, 4.69) is 11.8 Å². The van der Waals surface area contributed by atoms with Crippen molar-refractivity contribution in [2.24, 2.45) is 0 Å². The molecule has 0 spiro atoms. The summed E-state index contributed by atoms with van der Waals surface area (Å²) in [7, 11) is 0. The number of likely N-dealkylation sites (tertiary alicyclic amines) is 1. The van der Waals surface area contributed by atoms with Gasteiger partial charge in [0.2, 0.25) is 0 Å². The fourth-order valence-electron chi connectivity index (χ4n) is 2.80. The number of ether oxygens (including phenoxy) is 1. The van der Waals surface area contributed by atoms with Crippen LogP contribution in [0.3, 0.4) is 0 Å². The Morgan fingerprint density at radius 3 is 3.00 bits per heavy atom. The van der Waals surface area contributed by atoms with Crippen molar-refractivity contribution in [3.63, 3.8) is 0 Å². The standard InChI is InChI=1S/C17H25NO3/c1-2-11-21-16-7-4-9-18(10-8-16)13-14-5-3-6-15(12-14)17(19)20/h3,5-6,12,16H,2,4,7-11,13H2,1H3,(H,19,20). The van der Waals surface area contributed by atoms with Crippen LogP contribution in [0.2, 0.25) is 0 Å². The van der Waals surface area contributed by atoms with Gasteiger partial charge < -0.3 is 9.84 Å². The molecule has 1 aliphatic heterocycles. The van der Waals surface area contributed by atoms with E-state index >= 15 is 0 Å². The van der Waals surface area contributed by atoms with E-state index in [-0.39, 0.29) is 0 Å². The Morgan fingerprint density at radius 2 is 2.24 bits per heavy atom. The molecule has 4 heteroatoms. The summed E-state index contributed by atoms with van der Waals surface area (Å²) in [4.78, 5) is 13.4. The lowest BCUT2D eigenvalue weighted by Crippen LogP contribution is -2.25. The Labute approximate surface area is 126 Å². The quantitative estimate of drug-likeness (QED) is 0.874. The van der Waals surface area contributed by atoms with Crippen LogP contribution in [0.5, 0.6) is 0 Å². The second-order valence-electron chi connectivity index (χ2n) is 5.71. The zero-order chi connectivity index (χ0) is 15.1. The lowest BCUT2D eigenvalue weighted by molar-refractivity contribution is 0.0437. The summed E-state index contributed by atoms with van der Waals surface area (Å²) >= 11 is 0. The third-order valence-electron chi connectivity index (χ3n) is 3.91. The van der Waals surface area contributed by atoms with Crippen molar-refractivity contribution in [3.8, 4) is 0 Å². The molecule has 116 valence electrons. The Hall–Kier alpha value is -1.39. The molecular weight excluding hydrogens is 266 g/mol. The highest BCUT2D eigenvalue weighted by Crippen LogP contribution is 2.17. The lowest BCUT2D eigenvalue weighted by Gasteiger charge is -2.20. The summed E-state index contributed by atoms with van der Waals surface area (Å²) in [5, 5.41) is 9.05. The van der Waals surface area contributed by atoms with E-state index in [0.29, 0.717) is 11.7 Å². The zero-order valence-electron chi connectivity index (χ0n) is 12.8. The second kappa shape index (κ2) is 8.15. The number of hydrogen-bond acceptors (Lipinski definition) is 3. The molecule has 1 heterocycles. The number of carboxylic acid groups (broad SMARTS) is 1. The van der Waals surface area contributed by atoms with Gasteiger partial charge in [-0.05, 0) is 49.9 Å². The van der Waals surface area contributed by atoms with E-state index in [4.69, 9.17) is 9.84 Å². The van der Waals surface area contributed by atoms with Crippen LogP contribution in [-0.4, -0.2) is 41.8 Å². The van der Waals surface area contributed by atoms with E-state index in [1.807, 2.05) is 12.1 Å². The van der Waals surface area contributed by atoms with Crippen molar-refractivity contribution < 1.29 is 14.6 Å². The highest BCUT2D eigenvalue weighted by molar-refractivity contribution is 5.87. The van der Waals surface area contributed by atoms with Crippen LogP contribution >= 0.6 is 0 Å². The van der Waals surface area contributed by atoms with Crippen LogP contribution in [0.15, 0.2) is 24.3 Å². The molecule has 1 fully saturated rings. The van der Waals surface area contributed by atoms with Gasteiger partial charge in [-0.2, -0.15) is 0 Å². The molecule has 1 saturated heterocycles. The Bertz CT molecular complexity index is 461. The maximum absolute atomic E-state index is 11.0. The number of benzene rings is 1. The normalized spacial score (nSPS) is 20.1. The summed E-state index contributed by atoms with van der Waals surface area (Å²) in [6, 6.07) is 7.24. The molecule has 1 N–H and O–H groups in total. The van der Waals surface area contributed by atoms with Crippen LogP contribution in [0.4, 0.5) is 0 Å². The first-order valence-electron chi connectivity index (χ1n) is 7.85. The summed E-state index contributed by atoms with van der Waals surface area (Å²) < 4.78 is 5.86. The minimum atomic E-state index is -0.860. The average molecular weight is 291 g/mol. The number of carboxylic acids is 1. The number of rotatable bonds is 6. The predicted octanol–water partition coefficient (Wildman–Crippen LogP) is 3.17. The summed E-state index contributed by atoms with van der Waals surface area (Å²) in [6.07, 6.45) is 4.81. The van der Waals surface area contributed by atoms with Crippen LogP contribution in [0, 0.1) is 0 Å². The highest BCUT2D eigenvalue weighted by atomic mass is 16.5. The van der Waals surface area contributed by atoms with Gasteiger partial charge in [-0.3, -0.25) is 4.90 Å². The molecule has 1 aliphatic rings.